The third-order valence-corrected chi connectivity index (χ3v) is 3.21. The average molecular weight is 313 g/mol. The summed E-state index contributed by atoms with van der Waals surface area (Å²) in [6, 6.07) is 6.61. The average Bonchev–Trinajstić information content (AvgIpc) is 3.26. The highest BCUT2D eigenvalue weighted by Crippen LogP contribution is 2.32. The summed E-state index contributed by atoms with van der Waals surface area (Å²) < 4.78 is 17.4. The number of carbonyl (C=O) groups excluding carboxylic acids is 1. The Kier molecular flexibility index (Phi) is 2.97. The third-order valence-electron chi connectivity index (χ3n) is 3.21. The number of nitrogens with one attached hydrogen (secondary N) is 1. The SMILES string of the molecule is Cn1ccc(-c2nnc(NC(=O)c3ccc4c(c3)OCO4)o2)n1. The molecule has 1 amide bonds. The van der Waals surface area contributed by atoms with Crippen molar-refractivity contribution in [2.45, 2.75) is 0 Å². The van der Waals surface area contributed by atoms with E-state index in [2.05, 4.69) is 20.6 Å². The highest BCUT2D eigenvalue weighted by atomic mass is 16.7. The number of anilines is 1. The van der Waals surface area contributed by atoms with Crippen LogP contribution in [0.3, 0.4) is 0 Å². The minimum absolute atomic E-state index is 0.00619. The number of hydrogen-bond donors (Lipinski definition) is 1. The second kappa shape index (κ2) is 5.13. The first kappa shape index (κ1) is 13.3. The molecular weight excluding hydrogens is 302 g/mol. The number of rotatable bonds is 3. The van der Waals surface area contributed by atoms with Crippen molar-refractivity contribution in [2.75, 3.05) is 12.1 Å². The first-order chi connectivity index (χ1) is 11.2. The summed E-state index contributed by atoms with van der Waals surface area (Å²) in [5.74, 6) is 0.972. The highest BCUT2D eigenvalue weighted by molar-refractivity contribution is 6.03. The van der Waals surface area contributed by atoms with Gasteiger partial charge in [0.05, 0.1) is 0 Å². The van der Waals surface area contributed by atoms with Crippen LogP contribution in [-0.4, -0.2) is 32.7 Å². The Labute approximate surface area is 129 Å². The van der Waals surface area contributed by atoms with Crippen molar-refractivity contribution in [3.8, 4) is 23.1 Å². The van der Waals surface area contributed by atoms with Gasteiger partial charge < -0.3 is 13.9 Å². The van der Waals surface area contributed by atoms with E-state index >= 15 is 0 Å². The lowest BCUT2D eigenvalue weighted by Crippen LogP contribution is -2.12. The van der Waals surface area contributed by atoms with Gasteiger partial charge in [-0.05, 0) is 24.3 Å². The van der Waals surface area contributed by atoms with Crippen LogP contribution in [0.4, 0.5) is 6.01 Å². The zero-order chi connectivity index (χ0) is 15.8. The van der Waals surface area contributed by atoms with Crippen LogP contribution in [0.25, 0.3) is 11.6 Å². The van der Waals surface area contributed by atoms with E-state index in [0.29, 0.717) is 22.8 Å². The minimum Gasteiger partial charge on any atom is -0.454 e. The zero-order valence-corrected chi connectivity index (χ0v) is 12.0. The van der Waals surface area contributed by atoms with E-state index in [9.17, 15) is 4.79 Å². The summed E-state index contributed by atoms with van der Waals surface area (Å²) in [6.07, 6.45) is 1.75. The van der Waals surface area contributed by atoms with Crippen molar-refractivity contribution in [2.24, 2.45) is 7.05 Å². The Morgan fingerprint density at radius 3 is 2.91 bits per heavy atom. The molecule has 3 aromatic rings. The molecule has 0 saturated heterocycles. The van der Waals surface area contributed by atoms with E-state index in [-0.39, 0.29) is 24.6 Å². The van der Waals surface area contributed by atoms with E-state index in [1.165, 1.54) is 0 Å². The lowest BCUT2D eigenvalue weighted by molar-refractivity contribution is 0.102. The highest BCUT2D eigenvalue weighted by Gasteiger charge is 2.18. The molecule has 1 aliphatic heterocycles. The molecule has 3 heterocycles. The first-order valence-electron chi connectivity index (χ1n) is 6.73. The fourth-order valence-electron chi connectivity index (χ4n) is 2.11. The predicted octanol–water partition coefficient (Wildman–Crippen LogP) is 1.45. The molecule has 9 heteroatoms. The molecule has 23 heavy (non-hydrogen) atoms. The van der Waals surface area contributed by atoms with Crippen molar-refractivity contribution < 1.29 is 18.7 Å². The molecule has 9 nitrogen and oxygen atoms in total. The molecule has 1 aromatic carbocycles. The fraction of sp³-hybridized carbons (Fsp3) is 0.143. The Bertz CT molecular complexity index is 885. The maximum Gasteiger partial charge on any atom is 0.322 e. The van der Waals surface area contributed by atoms with Gasteiger partial charge in [0.25, 0.3) is 11.8 Å². The second-order valence-corrected chi connectivity index (χ2v) is 4.81. The summed E-state index contributed by atoms with van der Waals surface area (Å²) >= 11 is 0. The summed E-state index contributed by atoms with van der Waals surface area (Å²) in [4.78, 5) is 12.2. The normalized spacial score (nSPS) is 12.4. The van der Waals surface area contributed by atoms with Crippen LogP contribution >= 0.6 is 0 Å². The molecule has 2 aromatic heterocycles. The van der Waals surface area contributed by atoms with Crippen molar-refractivity contribution in [1.29, 1.82) is 0 Å². The van der Waals surface area contributed by atoms with Crippen LogP contribution in [0.2, 0.25) is 0 Å². The van der Waals surface area contributed by atoms with Gasteiger partial charge in [-0.3, -0.25) is 14.8 Å². The Morgan fingerprint density at radius 2 is 2.09 bits per heavy atom. The fourth-order valence-corrected chi connectivity index (χ4v) is 2.11. The number of carbonyl (C=O) groups is 1. The largest absolute Gasteiger partial charge is 0.454 e. The van der Waals surface area contributed by atoms with Gasteiger partial charge in [0.15, 0.2) is 11.5 Å². The van der Waals surface area contributed by atoms with Crippen molar-refractivity contribution in [1.82, 2.24) is 20.0 Å². The molecule has 4 rings (SSSR count). The van der Waals surface area contributed by atoms with Gasteiger partial charge in [0.1, 0.15) is 5.69 Å². The van der Waals surface area contributed by atoms with Gasteiger partial charge in [-0.2, -0.15) is 5.10 Å². The van der Waals surface area contributed by atoms with Crippen LogP contribution in [0, 0.1) is 0 Å². The number of fused-ring (bicyclic) bond motifs is 1. The molecule has 0 atom stereocenters. The van der Waals surface area contributed by atoms with Crippen LogP contribution in [0.15, 0.2) is 34.9 Å². The number of aromatic nitrogens is 4. The lowest BCUT2D eigenvalue weighted by atomic mass is 10.2. The molecule has 0 radical (unpaired) electrons. The van der Waals surface area contributed by atoms with Gasteiger partial charge >= 0.3 is 6.01 Å². The number of nitrogens with zero attached hydrogens (tertiary/aromatic N) is 4. The number of aryl methyl sites for hydroxylation is 1. The zero-order valence-electron chi connectivity index (χ0n) is 12.0. The standard InChI is InChI=1S/C14H11N5O4/c1-19-5-4-9(18-19)13-16-17-14(23-13)15-12(20)8-2-3-10-11(6-8)22-7-21-10/h2-6H,7H2,1H3,(H,15,17,20). The van der Waals surface area contributed by atoms with Crippen LogP contribution in [-0.2, 0) is 7.05 Å². The topological polar surface area (TPSA) is 104 Å². The van der Waals surface area contributed by atoms with Crippen molar-refractivity contribution in [3.05, 3.63) is 36.0 Å². The molecule has 1 aliphatic rings. The molecule has 0 bridgehead atoms. The quantitative estimate of drug-likeness (QED) is 0.780. The number of hydrogen-bond acceptors (Lipinski definition) is 7. The maximum atomic E-state index is 12.2. The molecular formula is C14H11N5O4. The van der Waals surface area contributed by atoms with Crippen molar-refractivity contribution >= 4 is 11.9 Å². The molecule has 0 fully saturated rings. The summed E-state index contributed by atoms with van der Waals surface area (Å²) in [5, 5.41) is 14.3. The molecule has 0 spiro atoms. The molecule has 116 valence electrons. The minimum atomic E-state index is -0.389. The second-order valence-electron chi connectivity index (χ2n) is 4.81. The van der Waals surface area contributed by atoms with E-state index in [1.54, 1.807) is 42.2 Å². The molecule has 0 aliphatic carbocycles. The molecule has 1 N–H and O–H groups in total. The lowest BCUT2D eigenvalue weighted by Gasteiger charge is -2.02. The van der Waals surface area contributed by atoms with Gasteiger partial charge in [0.2, 0.25) is 6.79 Å². The van der Waals surface area contributed by atoms with Gasteiger partial charge in [-0.15, -0.1) is 5.10 Å². The van der Waals surface area contributed by atoms with E-state index in [4.69, 9.17) is 13.9 Å². The van der Waals surface area contributed by atoms with Gasteiger partial charge in [-0.25, -0.2) is 0 Å². The number of amides is 1. The van der Waals surface area contributed by atoms with E-state index in [1.807, 2.05) is 0 Å². The van der Waals surface area contributed by atoms with E-state index < -0.39 is 0 Å². The van der Waals surface area contributed by atoms with Crippen LogP contribution in [0.5, 0.6) is 11.5 Å². The van der Waals surface area contributed by atoms with Crippen LogP contribution in [0.1, 0.15) is 10.4 Å². The molecule has 0 unspecified atom stereocenters. The monoisotopic (exact) mass is 313 g/mol. The summed E-state index contributed by atoms with van der Waals surface area (Å²) in [5.41, 5.74) is 0.926. The smallest absolute Gasteiger partial charge is 0.322 e. The number of benzene rings is 1. The summed E-state index contributed by atoms with van der Waals surface area (Å²) in [7, 11) is 1.78. The van der Waals surface area contributed by atoms with Crippen LogP contribution < -0.4 is 14.8 Å². The van der Waals surface area contributed by atoms with Gasteiger partial charge in [0, 0.05) is 18.8 Å². The number of ether oxygens (including phenoxy) is 2. The summed E-state index contributed by atoms with van der Waals surface area (Å²) in [6.45, 7) is 0.150. The molecule has 0 saturated carbocycles. The Hall–Kier alpha value is -3.36. The van der Waals surface area contributed by atoms with Crippen molar-refractivity contribution in [3.63, 3.8) is 0 Å². The Balaban J connectivity index is 1.52. The Morgan fingerprint density at radius 1 is 1.22 bits per heavy atom. The predicted molar refractivity (Wildman–Crippen MR) is 77.0 cm³/mol. The first-order valence-corrected chi connectivity index (χ1v) is 6.73. The van der Waals surface area contributed by atoms with E-state index in [0.717, 1.165) is 0 Å². The van der Waals surface area contributed by atoms with Gasteiger partial charge in [-0.1, -0.05) is 5.10 Å². The third kappa shape index (κ3) is 2.48. The maximum absolute atomic E-state index is 12.2.